The van der Waals surface area contributed by atoms with Crippen molar-refractivity contribution in [2.45, 2.75) is 32.8 Å². The highest BCUT2D eigenvalue weighted by atomic mass is 16.3. The zero-order chi connectivity index (χ0) is 19.1. The summed E-state index contributed by atoms with van der Waals surface area (Å²) >= 11 is 0. The third-order valence-electron chi connectivity index (χ3n) is 5.21. The van der Waals surface area contributed by atoms with Gasteiger partial charge in [0, 0.05) is 43.9 Å². The number of carbonyl (C=O) groups is 1. The summed E-state index contributed by atoms with van der Waals surface area (Å²) in [4.78, 5) is 27.4. The van der Waals surface area contributed by atoms with E-state index < -0.39 is 6.10 Å². The SMILES string of the molecule is Cc1cc(C)n2nc(C(=O)N3CCC([C@H](O)c4nccn4C)CC3)nc2n1. The Morgan fingerprint density at radius 3 is 2.67 bits per heavy atom. The van der Waals surface area contributed by atoms with E-state index in [4.69, 9.17) is 0 Å². The van der Waals surface area contributed by atoms with Crippen LogP contribution in [-0.4, -0.2) is 58.1 Å². The van der Waals surface area contributed by atoms with E-state index in [0.29, 0.717) is 37.5 Å². The van der Waals surface area contributed by atoms with Crippen molar-refractivity contribution in [1.29, 1.82) is 0 Å². The molecule has 1 fully saturated rings. The van der Waals surface area contributed by atoms with Crippen molar-refractivity contribution in [3.05, 3.63) is 41.5 Å². The van der Waals surface area contributed by atoms with Crippen LogP contribution >= 0.6 is 0 Å². The van der Waals surface area contributed by atoms with E-state index in [9.17, 15) is 9.90 Å². The number of hydrogen-bond acceptors (Lipinski definition) is 6. The van der Waals surface area contributed by atoms with Gasteiger partial charge in [0.15, 0.2) is 0 Å². The van der Waals surface area contributed by atoms with Gasteiger partial charge in [0.2, 0.25) is 5.82 Å². The standard InChI is InChI=1S/C18H23N7O2/c1-11-10-12(2)25-18(20-11)21-15(22-25)17(27)24-7-4-13(5-8-24)14(26)16-19-6-9-23(16)3/h6,9-10,13-14,26H,4-5,7-8H2,1-3H3/t14-/m0/s1. The lowest BCUT2D eigenvalue weighted by molar-refractivity contribution is 0.0413. The number of aromatic nitrogens is 6. The summed E-state index contributed by atoms with van der Waals surface area (Å²) in [6.07, 6.45) is 4.31. The zero-order valence-electron chi connectivity index (χ0n) is 15.7. The molecule has 0 unspecified atom stereocenters. The van der Waals surface area contributed by atoms with Gasteiger partial charge in [-0.15, -0.1) is 5.10 Å². The molecule has 9 heteroatoms. The van der Waals surface area contributed by atoms with E-state index >= 15 is 0 Å². The second-order valence-corrected chi connectivity index (χ2v) is 7.16. The Morgan fingerprint density at radius 2 is 2.00 bits per heavy atom. The molecule has 1 atom stereocenters. The molecule has 9 nitrogen and oxygen atoms in total. The quantitative estimate of drug-likeness (QED) is 0.741. The van der Waals surface area contributed by atoms with Crippen LogP contribution in [0, 0.1) is 19.8 Å². The molecule has 1 saturated heterocycles. The number of rotatable bonds is 3. The largest absolute Gasteiger partial charge is 0.385 e. The first-order chi connectivity index (χ1) is 12.9. The van der Waals surface area contributed by atoms with Gasteiger partial charge in [0.1, 0.15) is 11.9 Å². The summed E-state index contributed by atoms with van der Waals surface area (Å²) in [5.41, 5.74) is 1.73. The van der Waals surface area contributed by atoms with Gasteiger partial charge >= 0.3 is 0 Å². The van der Waals surface area contributed by atoms with E-state index in [2.05, 4.69) is 20.1 Å². The lowest BCUT2D eigenvalue weighted by Crippen LogP contribution is -2.40. The molecule has 0 saturated carbocycles. The van der Waals surface area contributed by atoms with Crippen LogP contribution < -0.4 is 0 Å². The van der Waals surface area contributed by atoms with Crippen LogP contribution in [0.1, 0.15) is 46.8 Å². The van der Waals surface area contributed by atoms with Crippen molar-refractivity contribution in [2.24, 2.45) is 13.0 Å². The molecule has 0 radical (unpaired) electrons. The maximum absolute atomic E-state index is 12.8. The number of carbonyl (C=O) groups excluding carboxylic acids is 1. The van der Waals surface area contributed by atoms with Gasteiger partial charge in [0.05, 0.1) is 0 Å². The van der Waals surface area contributed by atoms with Gasteiger partial charge in [-0.1, -0.05) is 0 Å². The van der Waals surface area contributed by atoms with Gasteiger partial charge in [-0.3, -0.25) is 4.79 Å². The number of amides is 1. The number of nitrogens with zero attached hydrogens (tertiary/aromatic N) is 7. The third-order valence-corrected chi connectivity index (χ3v) is 5.21. The van der Waals surface area contributed by atoms with Crippen molar-refractivity contribution in [3.8, 4) is 0 Å². The average molecular weight is 369 g/mol. The molecule has 3 aromatic heterocycles. The highest BCUT2D eigenvalue weighted by Crippen LogP contribution is 2.30. The average Bonchev–Trinajstić information content (AvgIpc) is 3.27. The first-order valence-electron chi connectivity index (χ1n) is 9.09. The molecule has 0 bridgehead atoms. The molecule has 1 amide bonds. The number of aliphatic hydroxyl groups is 1. The Labute approximate surface area is 156 Å². The first kappa shape index (κ1) is 17.6. The molecule has 4 heterocycles. The highest BCUT2D eigenvalue weighted by Gasteiger charge is 2.31. The van der Waals surface area contributed by atoms with Crippen LogP contribution in [0.3, 0.4) is 0 Å². The van der Waals surface area contributed by atoms with Gasteiger partial charge < -0.3 is 14.6 Å². The number of likely N-dealkylation sites (tertiary alicyclic amines) is 1. The fourth-order valence-electron chi connectivity index (χ4n) is 3.69. The second kappa shape index (κ2) is 6.73. The topological polar surface area (TPSA) is 101 Å². The van der Waals surface area contributed by atoms with Crippen molar-refractivity contribution in [1.82, 2.24) is 34.0 Å². The monoisotopic (exact) mass is 369 g/mol. The molecule has 1 aliphatic rings. The van der Waals surface area contributed by atoms with E-state index in [-0.39, 0.29) is 17.6 Å². The lowest BCUT2D eigenvalue weighted by Gasteiger charge is -2.33. The fraction of sp³-hybridized carbons (Fsp3) is 0.500. The summed E-state index contributed by atoms with van der Waals surface area (Å²) in [5.74, 6) is 1.16. The number of imidazole rings is 1. The van der Waals surface area contributed by atoms with Crippen molar-refractivity contribution < 1.29 is 9.90 Å². The van der Waals surface area contributed by atoms with Crippen molar-refractivity contribution >= 4 is 11.7 Å². The number of hydrogen-bond donors (Lipinski definition) is 1. The van der Waals surface area contributed by atoms with Gasteiger partial charge in [-0.25, -0.2) is 14.5 Å². The third kappa shape index (κ3) is 3.18. The summed E-state index contributed by atoms with van der Waals surface area (Å²) in [5, 5.41) is 14.9. The van der Waals surface area contributed by atoms with E-state index in [1.807, 2.05) is 37.7 Å². The van der Waals surface area contributed by atoms with Gasteiger partial charge in [-0.2, -0.15) is 4.98 Å². The number of fused-ring (bicyclic) bond motifs is 1. The Hall–Kier alpha value is -2.81. The summed E-state index contributed by atoms with van der Waals surface area (Å²) in [7, 11) is 1.87. The van der Waals surface area contributed by atoms with E-state index in [1.165, 1.54) is 0 Å². The van der Waals surface area contributed by atoms with E-state index in [1.54, 1.807) is 15.6 Å². The molecule has 142 valence electrons. The predicted molar refractivity (Wildman–Crippen MR) is 97.1 cm³/mol. The second-order valence-electron chi connectivity index (χ2n) is 7.16. The predicted octanol–water partition coefficient (Wildman–Crippen LogP) is 1.06. The fourth-order valence-corrected chi connectivity index (χ4v) is 3.69. The molecule has 1 aliphatic heterocycles. The van der Waals surface area contributed by atoms with Crippen molar-refractivity contribution in [3.63, 3.8) is 0 Å². The first-order valence-corrected chi connectivity index (χ1v) is 9.09. The summed E-state index contributed by atoms with van der Waals surface area (Å²) < 4.78 is 3.43. The maximum Gasteiger partial charge on any atom is 0.293 e. The van der Waals surface area contributed by atoms with Crippen LogP contribution in [-0.2, 0) is 7.05 Å². The van der Waals surface area contributed by atoms with Crippen LogP contribution in [0.15, 0.2) is 18.5 Å². The zero-order valence-corrected chi connectivity index (χ0v) is 15.7. The summed E-state index contributed by atoms with van der Waals surface area (Å²) in [6.45, 7) is 4.92. The molecule has 0 spiro atoms. The number of piperidine rings is 1. The number of aliphatic hydroxyl groups excluding tert-OH is 1. The van der Waals surface area contributed by atoms with E-state index in [0.717, 1.165) is 11.4 Å². The normalized spacial score (nSPS) is 16.8. The molecule has 0 aromatic carbocycles. The van der Waals surface area contributed by atoms with Gasteiger partial charge in [-0.05, 0) is 38.7 Å². The highest BCUT2D eigenvalue weighted by molar-refractivity contribution is 5.91. The Balaban J connectivity index is 1.46. The van der Waals surface area contributed by atoms with Crippen LogP contribution in [0.5, 0.6) is 0 Å². The number of aryl methyl sites for hydroxylation is 3. The Kier molecular flexibility index (Phi) is 4.39. The molecular weight excluding hydrogens is 346 g/mol. The molecule has 27 heavy (non-hydrogen) atoms. The minimum atomic E-state index is -0.620. The minimum Gasteiger partial charge on any atom is -0.385 e. The molecule has 0 aliphatic carbocycles. The van der Waals surface area contributed by atoms with Crippen molar-refractivity contribution in [2.75, 3.05) is 13.1 Å². The van der Waals surface area contributed by atoms with Crippen LogP contribution in [0.2, 0.25) is 0 Å². The lowest BCUT2D eigenvalue weighted by atomic mass is 9.90. The smallest absolute Gasteiger partial charge is 0.293 e. The molecule has 4 rings (SSSR count). The molecular formula is C18H23N7O2. The summed E-state index contributed by atoms with van der Waals surface area (Å²) in [6, 6.07) is 1.90. The molecule has 3 aromatic rings. The van der Waals surface area contributed by atoms with Gasteiger partial charge in [0.25, 0.3) is 11.7 Å². The van der Waals surface area contributed by atoms with Crippen LogP contribution in [0.25, 0.3) is 5.78 Å². The minimum absolute atomic E-state index is 0.0794. The Morgan fingerprint density at radius 1 is 1.26 bits per heavy atom. The maximum atomic E-state index is 12.8. The molecule has 1 N–H and O–H groups in total. The van der Waals surface area contributed by atoms with Crippen LogP contribution in [0.4, 0.5) is 0 Å². The Bertz CT molecular complexity index is 985.